The molecule has 8 heteroatoms. The van der Waals surface area contributed by atoms with E-state index in [0.29, 0.717) is 16.6 Å². The first-order valence-electron chi connectivity index (χ1n) is 8.04. The average molecular weight is 370 g/mol. The zero-order valence-corrected chi connectivity index (χ0v) is 15.0. The van der Waals surface area contributed by atoms with Crippen molar-refractivity contribution in [3.05, 3.63) is 58.4 Å². The van der Waals surface area contributed by atoms with E-state index in [2.05, 4.69) is 27.2 Å². The summed E-state index contributed by atoms with van der Waals surface area (Å²) in [6.45, 7) is 5.49. The maximum atomic E-state index is 12.7. The van der Waals surface area contributed by atoms with E-state index in [1.807, 2.05) is 25.1 Å². The number of para-hydroxylation sites is 1. The third kappa shape index (κ3) is 3.70. The minimum Gasteiger partial charge on any atom is -0.325 e. The SMILES string of the molecule is C=CCSc1nc2c(c(=O)[nH]1)[C@@H](C(=O)Nc1ccccc1C)CC(=O)N2. The monoisotopic (exact) mass is 370 g/mol. The zero-order chi connectivity index (χ0) is 18.7. The third-order valence-electron chi connectivity index (χ3n) is 3.99. The molecule has 2 heterocycles. The number of carbonyl (C=O) groups is 2. The Hall–Kier alpha value is -2.87. The second kappa shape index (κ2) is 7.57. The van der Waals surface area contributed by atoms with Gasteiger partial charge in [0.15, 0.2) is 5.16 Å². The molecule has 2 aromatic rings. The molecule has 0 bridgehead atoms. The minimum atomic E-state index is -0.895. The highest BCUT2D eigenvalue weighted by atomic mass is 32.2. The lowest BCUT2D eigenvalue weighted by Crippen LogP contribution is -2.36. The minimum absolute atomic E-state index is 0.103. The first-order valence-corrected chi connectivity index (χ1v) is 9.02. The van der Waals surface area contributed by atoms with Crippen LogP contribution in [0.3, 0.4) is 0 Å². The fourth-order valence-electron chi connectivity index (χ4n) is 2.71. The van der Waals surface area contributed by atoms with Crippen LogP contribution in [0.5, 0.6) is 0 Å². The number of fused-ring (bicyclic) bond motifs is 1. The molecular weight excluding hydrogens is 352 g/mol. The van der Waals surface area contributed by atoms with Gasteiger partial charge in [0.25, 0.3) is 5.56 Å². The topological polar surface area (TPSA) is 104 Å². The molecule has 1 aromatic carbocycles. The zero-order valence-electron chi connectivity index (χ0n) is 14.2. The normalized spacial score (nSPS) is 15.7. The van der Waals surface area contributed by atoms with E-state index < -0.39 is 17.4 Å². The molecule has 0 spiro atoms. The summed E-state index contributed by atoms with van der Waals surface area (Å²) in [5, 5.41) is 5.76. The number of rotatable bonds is 5. The highest BCUT2D eigenvalue weighted by molar-refractivity contribution is 7.99. The highest BCUT2D eigenvalue weighted by Crippen LogP contribution is 2.30. The molecule has 0 radical (unpaired) electrons. The van der Waals surface area contributed by atoms with Crippen molar-refractivity contribution in [3.8, 4) is 0 Å². The Labute approximate surface area is 154 Å². The molecule has 1 aliphatic rings. The molecular formula is C18H18N4O3S. The van der Waals surface area contributed by atoms with Crippen LogP contribution in [0, 0.1) is 6.92 Å². The van der Waals surface area contributed by atoms with Crippen LogP contribution in [0.15, 0.2) is 46.9 Å². The molecule has 0 unspecified atom stereocenters. The number of thioether (sulfide) groups is 1. The van der Waals surface area contributed by atoms with E-state index in [1.54, 1.807) is 12.1 Å². The molecule has 134 valence electrons. The second-order valence-electron chi connectivity index (χ2n) is 5.84. The van der Waals surface area contributed by atoms with Crippen LogP contribution in [0.25, 0.3) is 0 Å². The standard InChI is InChI=1S/C18H18N4O3S/c1-3-8-26-18-21-15-14(17(25)22-18)11(9-13(23)20-15)16(24)19-12-7-5-4-6-10(12)2/h3-7,11H,1,8-9H2,2H3,(H,19,24)(H2,20,21,22,23,25)/t11-/m0/s1. The summed E-state index contributed by atoms with van der Waals surface area (Å²) in [6.07, 6.45) is 1.58. The number of benzene rings is 1. The van der Waals surface area contributed by atoms with Gasteiger partial charge in [-0.05, 0) is 18.6 Å². The molecule has 0 saturated carbocycles. The van der Waals surface area contributed by atoms with E-state index in [4.69, 9.17) is 0 Å². The summed E-state index contributed by atoms with van der Waals surface area (Å²) in [6, 6.07) is 7.32. The number of aromatic nitrogens is 2. The summed E-state index contributed by atoms with van der Waals surface area (Å²) in [7, 11) is 0. The van der Waals surface area contributed by atoms with Gasteiger partial charge in [-0.25, -0.2) is 4.98 Å². The van der Waals surface area contributed by atoms with Gasteiger partial charge in [0.1, 0.15) is 5.82 Å². The molecule has 1 atom stereocenters. The predicted octanol–water partition coefficient (Wildman–Crippen LogP) is 2.42. The van der Waals surface area contributed by atoms with E-state index in [1.165, 1.54) is 11.8 Å². The van der Waals surface area contributed by atoms with Crippen molar-refractivity contribution < 1.29 is 9.59 Å². The van der Waals surface area contributed by atoms with Gasteiger partial charge in [0.05, 0.1) is 11.5 Å². The van der Waals surface area contributed by atoms with E-state index in [0.717, 1.165) is 5.56 Å². The summed E-state index contributed by atoms with van der Waals surface area (Å²) in [5.41, 5.74) is 1.29. The quantitative estimate of drug-likeness (QED) is 0.426. The molecule has 3 rings (SSSR count). The van der Waals surface area contributed by atoms with Crippen LogP contribution in [0.2, 0.25) is 0 Å². The first-order chi connectivity index (χ1) is 12.5. The highest BCUT2D eigenvalue weighted by Gasteiger charge is 2.34. The molecule has 0 fully saturated rings. The molecule has 26 heavy (non-hydrogen) atoms. The van der Waals surface area contributed by atoms with Crippen LogP contribution < -0.4 is 16.2 Å². The number of hydrogen-bond acceptors (Lipinski definition) is 5. The van der Waals surface area contributed by atoms with E-state index in [-0.39, 0.29) is 23.7 Å². The average Bonchev–Trinajstić information content (AvgIpc) is 2.60. The number of amides is 2. The summed E-state index contributed by atoms with van der Waals surface area (Å²) >= 11 is 1.29. The maximum absolute atomic E-state index is 12.7. The fourth-order valence-corrected chi connectivity index (χ4v) is 3.31. The number of aryl methyl sites for hydroxylation is 1. The number of anilines is 2. The van der Waals surface area contributed by atoms with Crippen LogP contribution in [0.1, 0.15) is 23.5 Å². The van der Waals surface area contributed by atoms with Crippen LogP contribution in [-0.2, 0) is 9.59 Å². The second-order valence-corrected chi connectivity index (χ2v) is 6.85. The number of carbonyl (C=O) groups excluding carboxylic acids is 2. The number of aromatic amines is 1. The van der Waals surface area contributed by atoms with E-state index >= 15 is 0 Å². The Morgan fingerprint density at radius 3 is 2.92 bits per heavy atom. The number of nitrogens with zero attached hydrogens (tertiary/aromatic N) is 1. The Balaban J connectivity index is 1.94. The van der Waals surface area contributed by atoms with Crippen molar-refractivity contribution >= 4 is 35.1 Å². The van der Waals surface area contributed by atoms with Gasteiger partial charge in [-0.3, -0.25) is 14.4 Å². The van der Waals surface area contributed by atoms with Gasteiger partial charge in [-0.2, -0.15) is 0 Å². The largest absolute Gasteiger partial charge is 0.325 e. The lowest BCUT2D eigenvalue weighted by Gasteiger charge is -2.23. The van der Waals surface area contributed by atoms with Crippen molar-refractivity contribution in [2.75, 3.05) is 16.4 Å². The van der Waals surface area contributed by atoms with Crippen molar-refractivity contribution in [1.29, 1.82) is 0 Å². The van der Waals surface area contributed by atoms with Gasteiger partial charge in [-0.15, -0.1) is 6.58 Å². The maximum Gasteiger partial charge on any atom is 0.257 e. The first kappa shape index (κ1) is 17.9. The number of H-pyrrole nitrogens is 1. The summed E-state index contributed by atoms with van der Waals surface area (Å²) in [4.78, 5) is 44.2. The van der Waals surface area contributed by atoms with Crippen molar-refractivity contribution in [2.24, 2.45) is 0 Å². The Kier molecular flexibility index (Phi) is 5.22. The molecule has 0 aliphatic carbocycles. The van der Waals surface area contributed by atoms with Crippen molar-refractivity contribution in [1.82, 2.24) is 9.97 Å². The van der Waals surface area contributed by atoms with Crippen molar-refractivity contribution in [2.45, 2.75) is 24.4 Å². The van der Waals surface area contributed by atoms with Crippen LogP contribution in [0.4, 0.5) is 11.5 Å². The van der Waals surface area contributed by atoms with Crippen LogP contribution in [-0.4, -0.2) is 27.5 Å². The smallest absolute Gasteiger partial charge is 0.257 e. The summed E-state index contributed by atoms with van der Waals surface area (Å²) in [5.74, 6) is -0.948. The Bertz CT molecular complexity index is 938. The van der Waals surface area contributed by atoms with Crippen molar-refractivity contribution in [3.63, 3.8) is 0 Å². The van der Waals surface area contributed by atoms with E-state index in [9.17, 15) is 14.4 Å². The van der Waals surface area contributed by atoms with Gasteiger partial charge in [0, 0.05) is 17.9 Å². The lowest BCUT2D eigenvalue weighted by molar-refractivity contribution is -0.123. The summed E-state index contributed by atoms with van der Waals surface area (Å²) < 4.78 is 0. The molecule has 0 saturated heterocycles. The molecule has 7 nitrogen and oxygen atoms in total. The van der Waals surface area contributed by atoms with Crippen LogP contribution >= 0.6 is 11.8 Å². The lowest BCUT2D eigenvalue weighted by atomic mass is 9.92. The molecule has 3 N–H and O–H groups in total. The van der Waals surface area contributed by atoms with Gasteiger partial charge < -0.3 is 15.6 Å². The fraction of sp³-hybridized carbons (Fsp3) is 0.222. The molecule has 1 aliphatic heterocycles. The van der Waals surface area contributed by atoms with Gasteiger partial charge in [0.2, 0.25) is 11.8 Å². The van der Waals surface area contributed by atoms with Gasteiger partial charge in [-0.1, -0.05) is 36.0 Å². The Morgan fingerprint density at radius 1 is 1.42 bits per heavy atom. The molecule has 1 aromatic heterocycles. The number of hydrogen-bond donors (Lipinski definition) is 3. The van der Waals surface area contributed by atoms with Gasteiger partial charge >= 0.3 is 0 Å². The predicted molar refractivity (Wildman–Crippen MR) is 102 cm³/mol. The third-order valence-corrected chi connectivity index (χ3v) is 4.86. The Morgan fingerprint density at radius 2 is 2.19 bits per heavy atom. The number of nitrogens with one attached hydrogen (secondary N) is 3. The molecule has 2 amide bonds.